The summed E-state index contributed by atoms with van der Waals surface area (Å²) in [6.07, 6.45) is 9.69. The molecule has 2 heteroatoms. The summed E-state index contributed by atoms with van der Waals surface area (Å²) in [4.78, 5) is 12.4. The largest absolute Gasteiger partial charge is 0.393 e. The molecule has 4 rings (SSSR count). The van der Waals surface area contributed by atoms with Gasteiger partial charge in [0.2, 0.25) is 0 Å². The predicted molar refractivity (Wildman–Crippen MR) is 96.5 cm³/mol. The van der Waals surface area contributed by atoms with Crippen molar-refractivity contribution >= 4 is 5.78 Å². The van der Waals surface area contributed by atoms with Crippen LogP contribution in [0.1, 0.15) is 79.1 Å². The van der Waals surface area contributed by atoms with Gasteiger partial charge in [0.25, 0.3) is 0 Å². The van der Waals surface area contributed by atoms with E-state index in [0.717, 1.165) is 36.5 Å². The van der Waals surface area contributed by atoms with Gasteiger partial charge < -0.3 is 5.11 Å². The Balaban J connectivity index is 1.64. The Kier molecular flexibility index (Phi) is 3.95. The molecule has 4 saturated carbocycles. The van der Waals surface area contributed by atoms with Gasteiger partial charge in [-0.15, -0.1) is 0 Å². The van der Waals surface area contributed by atoms with Gasteiger partial charge in [0.15, 0.2) is 0 Å². The average Bonchev–Trinajstić information content (AvgIpc) is 2.78. The SMILES string of the molecule is CC(=O)[C@H]1[C@@H](C)C[C@H]2[C@@H]3CC[C@@H]4C[C@H](O)CC[C@]4(C)[C@H]3CC[C@@]21C. The number of carbonyl (C=O) groups is 1. The lowest BCUT2D eigenvalue weighted by molar-refractivity contribution is -0.139. The third kappa shape index (κ3) is 2.20. The molecule has 0 aromatic carbocycles. The van der Waals surface area contributed by atoms with Gasteiger partial charge in [-0.2, -0.15) is 0 Å². The maximum Gasteiger partial charge on any atom is 0.133 e. The molecule has 0 unspecified atom stereocenters. The van der Waals surface area contributed by atoms with Crippen molar-refractivity contribution in [2.45, 2.75) is 85.2 Å². The fourth-order valence-electron chi connectivity index (χ4n) is 8.46. The van der Waals surface area contributed by atoms with E-state index >= 15 is 0 Å². The molecule has 0 saturated heterocycles. The number of rotatable bonds is 1. The van der Waals surface area contributed by atoms with E-state index in [-0.39, 0.29) is 11.5 Å². The first kappa shape index (κ1) is 17.1. The van der Waals surface area contributed by atoms with Crippen LogP contribution in [-0.2, 0) is 4.79 Å². The topological polar surface area (TPSA) is 37.3 Å². The smallest absolute Gasteiger partial charge is 0.133 e. The van der Waals surface area contributed by atoms with Gasteiger partial charge in [-0.25, -0.2) is 0 Å². The highest BCUT2D eigenvalue weighted by atomic mass is 16.3. The van der Waals surface area contributed by atoms with Crippen molar-refractivity contribution in [2.75, 3.05) is 0 Å². The predicted octanol–water partition coefficient (Wildman–Crippen LogP) is 4.84. The standard InChI is InChI=1S/C22H36O2/c1-13-11-19-17-6-5-15-12-16(24)7-9-21(15,3)18(17)8-10-22(19,4)20(13)14(2)23/h13,15-20,24H,5-12H2,1-4H3/t13-,15+,16+,17+,18-,19-,20+,21-,22-/m0/s1. The van der Waals surface area contributed by atoms with Crippen molar-refractivity contribution in [3.8, 4) is 0 Å². The normalized spacial score (nSPS) is 57.0. The van der Waals surface area contributed by atoms with Crippen LogP contribution in [0, 0.1) is 46.3 Å². The van der Waals surface area contributed by atoms with E-state index in [1.165, 1.54) is 38.5 Å². The van der Waals surface area contributed by atoms with Crippen molar-refractivity contribution in [3.63, 3.8) is 0 Å². The summed E-state index contributed by atoms with van der Waals surface area (Å²) in [6.45, 7) is 9.16. The van der Waals surface area contributed by atoms with Crippen molar-refractivity contribution in [3.05, 3.63) is 0 Å². The van der Waals surface area contributed by atoms with E-state index in [1.54, 1.807) is 0 Å². The Morgan fingerprint density at radius 1 is 0.958 bits per heavy atom. The van der Waals surface area contributed by atoms with Gasteiger partial charge >= 0.3 is 0 Å². The Hall–Kier alpha value is -0.370. The maximum absolute atomic E-state index is 12.4. The van der Waals surface area contributed by atoms with Crippen LogP contribution in [0.4, 0.5) is 0 Å². The molecule has 4 aliphatic carbocycles. The van der Waals surface area contributed by atoms with E-state index in [2.05, 4.69) is 20.8 Å². The van der Waals surface area contributed by atoms with E-state index in [0.29, 0.717) is 23.0 Å². The molecule has 0 amide bonds. The molecule has 1 N–H and O–H groups in total. The summed E-state index contributed by atoms with van der Waals surface area (Å²) in [5.74, 6) is 4.44. The zero-order chi connectivity index (χ0) is 17.3. The first-order valence-corrected chi connectivity index (χ1v) is 10.5. The lowest BCUT2D eigenvalue weighted by atomic mass is 9.44. The first-order chi connectivity index (χ1) is 11.3. The minimum absolute atomic E-state index is 0.0536. The molecule has 0 bridgehead atoms. The number of hydrogen-bond acceptors (Lipinski definition) is 2. The Labute approximate surface area is 147 Å². The Morgan fingerprint density at radius 3 is 2.38 bits per heavy atom. The summed E-state index contributed by atoms with van der Waals surface area (Å²) in [7, 11) is 0. The summed E-state index contributed by atoms with van der Waals surface area (Å²) < 4.78 is 0. The number of carbonyl (C=O) groups excluding carboxylic acids is 1. The van der Waals surface area contributed by atoms with Crippen LogP contribution in [0.2, 0.25) is 0 Å². The second-order valence-corrected chi connectivity index (χ2v) is 10.4. The highest BCUT2D eigenvalue weighted by Gasteiger charge is 2.62. The Bertz CT molecular complexity index is 528. The van der Waals surface area contributed by atoms with E-state index in [1.807, 2.05) is 6.92 Å². The highest BCUT2D eigenvalue weighted by Crippen LogP contribution is 2.68. The van der Waals surface area contributed by atoms with Crippen LogP contribution in [0.15, 0.2) is 0 Å². The zero-order valence-electron chi connectivity index (χ0n) is 16.1. The lowest BCUT2D eigenvalue weighted by Crippen LogP contribution is -2.54. The van der Waals surface area contributed by atoms with Crippen molar-refractivity contribution in [2.24, 2.45) is 46.3 Å². The van der Waals surface area contributed by atoms with Crippen molar-refractivity contribution in [1.82, 2.24) is 0 Å². The molecule has 4 aliphatic rings. The van der Waals surface area contributed by atoms with Crippen LogP contribution < -0.4 is 0 Å². The molecule has 0 aromatic rings. The molecular weight excluding hydrogens is 296 g/mol. The fraction of sp³-hybridized carbons (Fsp3) is 0.955. The summed E-state index contributed by atoms with van der Waals surface area (Å²) >= 11 is 0. The van der Waals surface area contributed by atoms with Crippen molar-refractivity contribution < 1.29 is 9.90 Å². The van der Waals surface area contributed by atoms with Gasteiger partial charge in [-0.1, -0.05) is 20.8 Å². The second-order valence-electron chi connectivity index (χ2n) is 10.4. The van der Waals surface area contributed by atoms with Gasteiger partial charge in [-0.3, -0.25) is 4.79 Å². The minimum Gasteiger partial charge on any atom is -0.393 e. The number of fused-ring (bicyclic) bond motifs is 5. The van der Waals surface area contributed by atoms with Gasteiger partial charge in [0.05, 0.1) is 6.10 Å². The van der Waals surface area contributed by atoms with Crippen molar-refractivity contribution in [1.29, 1.82) is 0 Å². The average molecular weight is 333 g/mol. The molecule has 2 nitrogen and oxygen atoms in total. The molecule has 136 valence electrons. The molecule has 0 radical (unpaired) electrons. The zero-order valence-corrected chi connectivity index (χ0v) is 16.1. The molecule has 9 atom stereocenters. The second kappa shape index (κ2) is 5.56. The molecule has 0 aliphatic heterocycles. The summed E-state index contributed by atoms with van der Waals surface area (Å²) in [6, 6.07) is 0. The number of aliphatic hydroxyl groups is 1. The quantitative estimate of drug-likeness (QED) is 0.746. The van der Waals surface area contributed by atoms with Crippen LogP contribution in [0.3, 0.4) is 0 Å². The molecular formula is C22H36O2. The van der Waals surface area contributed by atoms with Crippen LogP contribution in [0.5, 0.6) is 0 Å². The minimum atomic E-state index is -0.0536. The molecule has 4 fully saturated rings. The van der Waals surface area contributed by atoms with Gasteiger partial charge in [0, 0.05) is 5.92 Å². The molecule has 0 heterocycles. The highest BCUT2D eigenvalue weighted by molar-refractivity contribution is 5.80. The summed E-state index contributed by atoms with van der Waals surface area (Å²) in [5.41, 5.74) is 0.699. The van der Waals surface area contributed by atoms with Crippen LogP contribution >= 0.6 is 0 Å². The Morgan fingerprint density at radius 2 is 1.67 bits per heavy atom. The third-order valence-electron chi connectivity index (χ3n) is 9.42. The number of ketones is 1. The molecule has 0 aromatic heterocycles. The maximum atomic E-state index is 12.4. The van der Waals surface area contributed by atoms with E-state index < -0.39 is 0 Å². The lowest BCUT2D eigenvalue weighted by Gasteiger charge is -2.60. The molecule has 24 heavy (non-hydrogen) atoms. The fourth-order valence-corrected chi connectivity index (χ4v) is 8.46. The number of hydrogen-bond donors (Lipinski definition) is 1. The first-order valence-electron chi connectivity index (χ1n) is 10.5. The third-order valence-corrected chi connectivity index (χ3v) is 9.42. The van der Waals surface area contributed by atoms with E-state index in [4.69, 9.17) is 0 Å². The number of Topliss-reactive ketones (excluding diaryl/α,β-unsaturated/α-hetero) is 1. The van der Waals surface area contributed by atoms with Crippen LogP contribution in [0.25, 0.3) is 0 Å². The van der Waals surface area contributed by atoms with Gasteiger partial charge in [-0.05, 0) is 98.7 Å². The van der Waals surface area contributed by atoms with E-state index in [9.17, 15) is 9.90 Å². The van der Waals surface area contributed by atoms with Gasteiger partial charge in [0.1, 0.15) is 5.78 Å². The number of aliphatic hydroxyl groups excluding tert-OH is 1. The summed E-state index contributed by atoms with van der Waals surface area (Å²) in [5, 5.41) is 10.1. The monoisotopic (exact) mass is 332 g/mol. The molecule has 0 spiro atoms. The van der Waals surface area contributed by atoms with Crippen LogP contribution in [-0.4, -0.2) is 17.0 Å².